The number of thiazole rings is 1. The summed E-state index contributed by atoms with van der Waals surface area (Å²) >= 11 is 1.50. The van der Waals surface area contributed by atoms with E-state index < -0.39 is 11.6 Å². The highest BCUT2D eigenvalue weighted by molar-refractivity contribution is 7.17. The number of hydrogen-bond donors (Lipinski definition) is 0. The lowest BCUT2D eigenvalue weighted by Crippen LogP contribution is -1.93. The van der Waals surface area contributed by atoms with Crippen molar-refractivity contribution in [2.75, 3.05) is 0 Å². The van der Waals surface area contributed by atoms with E-state index in [9.17, 15) is 8.78 Å². The van der Waals surface area contributed by atoms with Crippen LogP contribution in [0.3, 0.4) is 0 Å². The van der Waals surface area contributed by atoms with Gasteiger partial charge in [-0.15, -0.1) is 11.3 Å². The van der Waals surface area contributed by atoms with Gasteiger partial charge in [0.15, 0.2) is 4.96 Å². The average Bonchev–Trinajstić information content (AvgIpc) is 2.92. The van der Waals surface area contributed by atoms with Crippen LogP contribution in [-0.4, -0.2) is 9.38 Å². The highest BCUT2D eigenvalue weighted by Crippen LogP contribution is 2.33. The fourth-order valence-corrected chi connectivity index (χ4v) is 3.06. The summed E-state index contributed by atoms with van der Waals surface area (Å²) in [6, 6.07) is 3.52. The summed E-state index contributed by atoms with van der Waals surface area (Å²) in [5.41, 5.74) is 0.989. The van der Waals surface area contributed by atoms with Crippen LogP contribution in [0, 0.1) is 11.6 Å². The summed E-state index contributed by atoms with van der Waals surface area (Å²) < 4.78 is 29.0. The molecule has 2 nitrogen and oxygen atoms in total. The Morgan fingerprint density at radius 3 is 2.94 bits per heavy atom. The highest BCUT2D eigenvalue weighted by atomic mass is 32.1. The molecule has 0 radical (unpaired) electrons. The molecule has 2 aromatic heterocycles. The monoisotopic (exact) mass is 264 g/mol. The lowest BCUT2D eigenvalue weighted by Gasteiger charge is -2.05. The van der Waals surface area contributed by atoms with Crippen LogP contribution in [0.5, 0.6) is 0 Å². The Bertz CT molecular complexity index is 715. The molecule has 18 heavy (non-hydrogen) atoms. The Morgan fingerprint density at radius 2 is 2.17 bits per heavy atom. The standard InChI is InChI=1S/C13H10F2N2S/c1-2-11-12(17-6-5-16-13(17)18-11)9-7-8(14)3-4-10(9)15/h3-7H,2H2,1H3. The van der Waals surface area contributed by atoms with Gasteiger partial charge in [-0.3, -0.25) is 4.40 Å². The van der Waals surface area contributed by atoms with E-state index in [2.05, 4.69) is 4.98 Å². The number of nitrogens with zero attached hydrogens (tertiary/aromatic N) is 2. The molecule has 92 valence electrons. The fourth-order valence-electron chi connectivity index (χ4n) is 2.03. The topological polar surface area (TPSA) is 17.3 Å². The number of halogens is 2. The predicted molar refractivity (Wildman–Crippen MR) is 67.8 cm³/mol. The maximum Gasteiger partial charge on any atom is 0.194 e. The Balaban J connectivity index is 2.35. The van der Waals surface area contributed by atoms with Gasteiger partial charge in [0.25, 0.3) is 0 Å². The van der Waals surface area contributed by atoms with Crippen LogP contribution in [0.15, 0.2) is 30.6 Å². The number of hydrogen-bond acceptors (Lipinski definition) is 2. The first kappa shape index (κ1) is 11.3. The first-order chi connectivity index (χ1) is 8.70. The van der Waals surface area contributed by atoms with E-state index in [1.807, 2.05) is 6.92 Å². The van der Waals surface area contributed by atoms with Gasteiger partial charge in [-0.05, 0) is 24.6 Å². The van der Waals surface area contributed by atoms with Gasteiger partial charge in [-0.2, -0.15) is 0 Å². The third kappa shape index (κ3) is 1.62. The van der Waals surface area contributed by atoms with Crippen molar-refractivity contribution in [3.05, 3.63) is 47.1 Å². The zero-order valence-corrected chi connectivity index (χ0v) is 10.5. The third-order valence-corrected chi connectivity index (χ3v) is 4.04. The molecular weight excluding hydrogens is 254 g/mol. The molecule has 2 heterocycles. The molecule has 0 bridgehead atoms. The largest absolute Gasteiger partial charge is 0.290 e. The summed E-state index contributed by atoms with van der Waals surface area (Å²) in [7, 11) is 0. The number of aryl methyl sites for hydroxylation is 1. The molecule has 0 aliphatic carbocycles. The lowest BCUT2D eigenvalue weighted by atomic mass is 10.1. The van der Waals surface area contributed by atoms with Crippen molar-refractivity contribution in [3.63, 3.8) is 0 Å². The van der Waals surface area contributed by atoms with Crippen molar-refractivity contribution < 1.29 is 8.78 Å². The van der Waals surface area contributed by atoms with Crippen molar-refractivity contribution >= 4 is 16.3 Å². The predicted octanol–water partition coefficient (Wildman–Crippen LogP) is 3.90. The molecule has 0 saturated heterocycles. The zero-order valence-electron chi connectivity index (χ0n) is 9.65. The van der Waals surface area contributed by atoms with Gasteiger partial charge in [0, 0.05) is 22.8 Å². The molecule has 0 aliphatic rings. The molecule has 0 fully saturated rings. The van der Waals surface area contributed by atoms with Crippen LogP contribution in [0.1, 0.15) is 11.8 Å². The SMILES string of the molecule is CCc1sc2nccn2c1-c1cc(F)ccc1F. The minimum absolute atomic E-state index is 0.288. The quantitative estimate of drug-likeness (QED) is 0.686. The van der Waals surface area contributed by atoms with Crippen molar-refractivity contribution in [1.82, 2.24) is 9.38 Å². The Morgan fingerprint density at radius 1 is 1.33 bits per heavy atom. The van der Waals surface area contributed by atoms with Gasteiger partial charge in [-0.25, -0.2) is 13.8 Å². The second-order valence-electron chi connectivity index (χ2n) is 3.93. The van der Waals surface area contributed by atoms with E-state index in [1.54, 1.807) is 16.8 Å². The summed E-state index contributed by atoms with van der Waals surface area (Å²) in [4.78, 5) is 5.99. The normalized spacial score (nSPS) is 11.3. The van der Waals surface area contributed by atoms with Gasteiger partial charge in [0.05, 0.1) is 5.69 Å². The van der Waals surface area contributed by atoms with Crippen LogP contribution in [-0.2, 0) is 6.42 Å². The van der Waals surface area contributed by atoms with Crippen molar-refractivity contribution in [3.8, 4) is 11.3 Å². The maximum absolute atomic E-state index is 13.9. The number of benzene rings is 1. The van der Waals surface area contributed by atoms with E-state index in [1.165, 1.54) is 17.4 Å². The van der Waals surface area contributed by atoms with E-state index in [4.69, 9.17) is 0 Å². The summed E-state index contributed by atoms with van der Waals surface area (Å²) in [5.74, 6) is -0.854. The van der Waals surface area contributed by atoms with Gasteiger partial charge >= 0.3 is 0 Å². The summed E-state index contributed by atoms with van der Waals surface area (Å²) in [5, 5.41) is 0. The summed E-state index contributed by atoms with van der Waals surface area (Å²) in [6.07, 6.45) is 4.19. The number of fused-ring (bicyclic) bond motifs is 1. The molecule has 5 heteroatoms. The molecule has 0 N–H and O–H groups in total. The molecule has 0 spiro atoms. The minimum atomic E-state index is -0.437. The molecule has 0 amide bonds. The van der Waals surface area contributed by atoms with Gasteiger partial charge in [0.1, 0.15) is 11.6 Å². The highest BCUT2D eigenvalue weighted by Gasteiger charge is 2.17. The molecule has 0 saturated carbocycles. The summed E-state index contributed by atoms with van der Waals surface area (Å²) in [6.45, 7) is 1.99. The van der Waals surface area contributed by atoms with Gasteiger partial charge < -0.3 is 0 Å². The Kier molecular flexibility index (Phi) is 2.63. The first-order valence-corrected chi connectivity index (χ1v) is 6.42. The van der Waals surface area contributed by atoms with E-state index >= 15 is 0 Å². The second kappa shape index (κ2) is 4.17. The lowest BCUT2D eigenvalue weighted by molar-refractivity contribution is 0.602. The molecular formula is C13H10F2N2S. The minimum Gasteiger partial charge on any atom is -0.290 e. The third-order valence-electron chi connectivity index (χ3n) is 2.83. The van der Waals surface area contributed by atoms with E-state index in [0.717, 1.165) is 28.4 Å². The molecule has 0 atom stereocenters. The van der Waals surface area contributed by atoms with Crippen molar-refractivity contribution in [2.45, 2.75) is 13.3 Å². The zero-order chi connectivity index (χ0) is 12.7. The van der Waals surface area contributed by atoms with Crippen LogP contribution >= 0.6 is 11.3 Å². The van der Waals surface area contributed by atoms with Crippen molar-refractivity contribution in [2.24, 2.45) is 0 Å². The molecule has 3 aromatic rings. The molecule has 3 rings (SSSR count). The average molecular weight is 264 g/mol. The fraction of sp³-hybridized carbons (Fsp3) is 0.154. The van der Waals surface area contributed by atoms with Crippen molar-refractivity contribution in [1.29, 1.82) is 0 Å². The second-order valence-corrected chi connectivity index (χ2v) is 4.99. The molecule has 0 unspecified atom stereocenters. The Hall–Kier alpha value is -1.75. The molecule has 0 aliphatic heterocycles. The first-order valence-electron chi connectivity index (χ1n) is 5.61. The number of aromatic nitrogens is 2. The van der Waals surface area contributed by atoms with E-state index in [0.29, 0.717) is 5.69 Å². The Labute approximate surface area is 107 Å². The number of imidazole rings is 1. The van der Waals surface area contributed by atoms with Gasteiger partial charge in [0.2, 0.25) is 0 Å². The smallest absolute Gasteiger partial charge is 0.194 e. The number of rotatable bonds is 2. The van der Waals surface area contributed by atoms with Gasteiger partial charge in [-0.1, -0.05) is 6.92 Å². The van der Waals surface area contributed by atoms with Crippen LogP contribution in [0.25, 0.3) is 16.2 Å². The van der Waals surface area contributed by atoms with Crippen LogP contribution in [0.4, 0.5) is 8.78 Å². The van der Waals surface area contributed by atoms with E-state index in [-0.39, 0.29) is 5.56 Å². The van der Waals surface area contributed by atoms with Crippen LogP contribution < -0.4 is 0 Å². The maximum atomic E-state index is 13.9. The molecule has 1 aromatic carbocycles. The van der Waals surface area contributed by atoms with Crippen LogP contribution in [0.2, 0.25) is 0 Å².